The molecule has 1 fully saturated rings. The molecule has 1 aromatic rings. The van der Waals surface area contributed by atoms with Crippen molar-refractivity contribution < 1.29 is 9.84 Å². The summed E-state index contributed by atoms with van der Waals surface area (Å²) in [5, 5.41) is 9.52. The zero-order valence-corrected chi connectivity index (χ0v) is 12.6. The van der Waals surface area contributed by atoms with Gasteiger partial charge in [0.2, 0.25) is 0 Å². The first-order chi connectivity index (χ1) is 9.45. The van der Waals surface area contributed by atoms with Crippen LogP contribution in [0, 0.1) is 0 Å². The lowest BCUT2D eigenvalue weighted by Crippen LogP contribution is -2.54. The molecule has 1 N–H and O–H groups in total. The van der Waals surface area contributed by atoms with Gasteiger partial charge < -0.3 is 9.84 Å². The normalized spacial score (nSPS) is 24.4. The molecule has 4 heteroatoms. The number of rotatable bonds is 1. The Hall–Kier alpha value is -1.26. The smallest absolute Gasteiger partial charge is 0.127 e. The van der Waals surface area contributed by atoms with Gasteiger partial charge in [0.25, 0.3) is 0 Å². The average molecular weight is 276 g/mol. The van der Waals surface area contributed by atoms with Crippen LogP contribution in [0.2, 0.25) is 0 Å². The van der Waals surface area contributed by atoms with Crippen LogP contribution in [0.15, 0.2) is 18.2 Å². The highest BCUT2D eigenvalue weighted by molar-refractivity contribution is 5.44. The summed E-state index contributed by atoms with van der Waals surface area (Å²) in [4.78, 5) is 5.04. The van der Waals surface area contributed by atoms with Crippen LogP contribution < -0.4 is 4.74 Å². The van der Waals surface area contributed by atoms with Gasteiger partial charge in [-0.15, -0.1) is 0 Å². The molecule has 4 nitrogen and oxygen atoms in total. The molecule has 0 radical (unpaired) electrons. The first-order valence-electron chi connectivity index (χ1n) is 7.40. The van der Waals surface area contributed by atoms with E-state index in [4.69, 9.17) is 4.74 Å². The average Bonchev–Trinajstić information content (AvgIpc) is 2.80. The van der Waals surface area contributed by atoms with Crippen molar-refractivity contribution in [1.82, 2.24) is 9.80 Å². The predicted octanol–water partition coefficient (Wildman–Crippen LogP) is 2.24. The SMILES string of the molecule is CC(C)(C)N1CCN(C2COc3cc(O)ccc32)CC1. The van der Waals surface area contributed by atoms with Crippen LogP contribution in [0.4, 0.5) is 0 Å². The maximum Gasteiger partial charge on any atom is 0.127 e. The Balaban J connectivity index is 1.69. The van der Waals surface area contributed by atoms with Crippen molar-refractivity contribution in [1.29, 1.82) is 0 Å². The molecule has 1 atom stereocenters. The fourth-order valence-electron chi connectivity index (χ4n) is 3.19. The van der Waals surface area contributed by atoms with Gasteiger partial charge in [-0.3, -0.25) is 9.80 Å². The number of ether oxygens (including phenoxy) is 1. The van der Waals surface area contributed by atoms with E-state index < -0.39 is 0 Å². The Bertz CT molecular complexity index is 488. The first kappa shape index (κ1) is 13.7. The number of piperazine rings is 1. The fourth-order valence-corrected chi connectivity index (χ4v) is 3.19. The number of nitrogens with zero attached hydrogens (tertiary/aromatic N) is 2. The molecule has 0 saturated carbocycles. The number of fused-ring (bicyclic) bond motifs is 1. The zero-order valence-electron chi connectivity index (χ0n) is 12.6. The van der Waals surface area contributed by atoms with Gasteiger partial charge in [0, 0.05) is 43.3 Å². The van der Waals surface area contributed by atoms with E-state index >= 15 is 0 Å². The summed E-state index contributed by atoms with van der Waals surface area (Å²) < 4.78 is 5.72. The summed E-state index contributed by atoms with van der Waals surface area (Å²) in [6, 6.07) is 5.82. The van der Waals surface area contributed by atoms with Crippen LogP contribution in [0.1, 0.15) is 32.4 Å². The molecule has 0 spiro atoms. The number of phenols is 1. The number of hydrogen-bond donors (Lipinski definition) is 1. The summed E-state index contributed by atoms with van der Waals surface area (Å²) >= 11 is 0. The summed E-state index contributed by atoms with van der Waals surface area (Å²) in [5.41, 5.74) is 1.47. The highest BCUT2D eigenvalue weighted by Crippen LogP contribution is 2.38. The third-order valence-corrected chi connectivity index (χ3v) is 4.46. The van der Waals surface area contributed by atoms with Crippen LogP contribution in [0.5, 0.6) is 11.5 Å². The van der Waals surface area contributed by atoms with Gasteiger partial charge in [0.1, 0.15) is 18.1 Å². The number of aromatic hydroxyl groups is 1. The van der Waals surface area contributed by atoms with Crippen molar-refractivity contribution in [3.8, 4) is 11.5 Å². The minimum Gasteiger partial charge on any atom is -0.508 e. The minimum absolute atomic E-state index is 0.252. The minimum atomic E-state index is 0.252. The highest BCUT2D eigenvalue weighted by atomic mass is 16.5. The molecule has 110 valence electrons. The highest BCUT2D eigenvalue weighted by Gasteiger charge is 2.33. The molecule has 1 unspecified atom stereocenters. The molecule has 1 aromatic carbocycles. The molecule has 2 heterocycles. The van der Waals surface area contributed by atoms with Gasteiger partial charge in [0.15, 0.2) is 0 Å². The Morgan fingerprint density at radius 1 is 1.15 bits per heavy atom. The Morgan fingerprint density at radius 2 is 1.85 bits per heavy atom. The summed E-state index contributed by atoms with van der Waals surface area (Å²) in [5.74, 6) is 1.12. The Kier molecular flexibility index (Phi) is 3.38. The molecule has 0 amide bonds. The summed E-state index contributed by atoms with van der Waals surface area (Å²) in [6.07, 6.45) is 0. The van der Waals surface area contributed by atoms with E-state index in [-0.39, 0.29) is 11.3 Å². The second-order valence-corrected chi connectivity index (χ2v) is 6.74. The number of benzene rings is 1. The van der Waals surface area contributed by atoms with Crippen LogP contribution in [-0.4, -0.2) is 53.2 Å². The van der Waals surface area contributed by atoms with Crippen LogP contribution >= 0.6 is 0 Å². The van der Waals surface area contributed by atoms with Crippen LogP contribution in [0.25, 0.3) is 0 Å². The lowest BCUT2D eigenvalue weighted by atomic mass is 10.0. The van der Waals surface area contributed by atoms with Gasteiger partial charge in [0.05, 0.1) is 6.04 Å². The van der Waals surface area contributed by atoms with Crippen LogP contribution in [0.3, 0.4) is 0 Å². The third-order valence-electron chi connectivity index (χ3n) is 4.46. The van der Waals surface area contributed by atoms with Gasteiger partial charge in [-0.2, -0.15) is 0 Å². The van der Waals surface area contributed by atoms with E-state index in [1.165, 1.54) is 5.56 Å². The molecular weight excluding hydrogens is 252 g/mol. The van der Waals surface area contributed by atoms with Crippen molar-refractivity contribution in [2.45, 2.75) is 32.4 Å². The Morgan fingerprint density at radius 3 is 2.50 bits per heavy atom. The van der Waals surface area contributed by atoms with Gasteiger partial charge in [-0.1, -0.05) is 0 Å². The van der Waals surface area contributed by atoms with E-state index in [2.05, 4.69) is 30.6 Å². The molecule has 2 aliphatic heterocycles. The zero-order chi connectivity index (χ0) is 14.3. The quantitative estimate of drug-likeness (QED) is 0.853. The molecule has 0 aliphatic carbocycles. The maximum atomic E-state index is 9.52. The standard InChI is InChI=1S/C16H24N2O2/c1-16(2,3)18-8-6-17(7-9-18)14-11-20-15-10-12(19)4-5-13(14)15/h4-5,10,14,19H,6-9,11H2,1-3H3. The molecule has 0 bridgehead atoms. The number of phenolic OH excluding ortho intramolecular Hbond substituents is 1. The van der Waals surface area contributed by atoms with Gasteiger partial charge in [-0.05, 0) is 32.9 Å². The van der Waals surface area contributed by atoms with Gasteiger partial charge >= 0.3 is 0 Å². The fraction of sp³-hybridized carbons (Fsp3) is 0.625. The van der Waals surface area contributed by atoms with E-state index in [1.807, 2.05) is 6.07 Å². The molecule has 2 aliphatic rings. The van der Waals surface area contributed by atoms with E-state index in [1.54, 1.807) is 12.1 Å². The predicted molar refractivity (Wildman–Crippen MR) is 79.2 cm³/mol. The lowest BCUT2D eigenvalue weighted by Gasteiger charge is -2.43. The number of hydrogen-bond acceptors (Lipinski definition) is 4. The second-order valence-electron chi connectivity index (χ2n) is 6.74. The third kappa shape index (κ3) is 2.50. The van der Waals surface area contributed by atoms with Gasteiger partial charge in [-0.25, -0.2) is 0 Å². The monoisotopic (exact) mass is 276 g/mol. The topological polar surface area (TPSA) is 35.9 Å². The summed E-state index contributed by atoms with van der Waals surface area (Å²) in [7, 11) is 0. The van der Waals surface area contributed by atoms with E-state index in [0.29, 0.717) is 12.6 Å². The molecular formula is C16H24N2O2. The van der Waals surface area contributed by atoms with Crippen molar-refractivity contribution in [3.63, 3.8) is 0 Å². The van der Waals surface area contributed by atoms with Crippen molar-refractivity contribution in [2.75, 3.05) is 32.8 Å². The van der Waals surface area contributed by atoms with Crippen molar-refractivity contribution in [2.24, 2.45) is 0 Å². The largest absolute Gasteiger partial charge is 0.508 e. The second kappa shape index (κ2) is 4.93. The van der Waals surface area contributed by atoms with Crippen molar-refractivity contribution >= 4 is 0 Å². The van der Waals surface area contributed by atoms with E-state index in [0.717, 1.165) is 31.9 Å². The lowest BCUT2D eigenvalue weighted by molar-refractivity contribution is 0.0369. The van der Waals surface area contributed by atoms with E-state index in [9.17, 15) is 5.11 Å². The molecule has 20 heavy (non-hydrogen) atoms. The first-order valence-corrected chi connectivity index (χ1v) is 7.40. The molecule has 0 aromatic heterocycles. The van der Waals surface area contributed by atoms with Crippen LogP contribution in [-0.2, 0) is 0 Å². The molecule has 1 saturated heterocycles. The maximum absolute atomic E-state index is 9.52. The van der Waals surface area contributed by atoms with Crippen molar-refractivity contribution in [3.05, 3.63) is 23.8 Å². The summed E-state index contributed by atoms with van der Waals surface area (Å²) in [6.45, 7) is 11.9. The Labute approximate surface area is 120 Å². The molecule has 3 rings (SSSR count).